The van der Waals surface area contributed by atoms with Gasteiger partial charge >= 0.3 is 0 Å². The fourth-order valence-corrected chi connectivity index (χ4v) is 1.17. The third kappa shape index (κ3) is 1.83. The third-order valence-electron chi connectivity index (χ3n) is 1.57. The van der Waals surface area contributed by atoms with Crippen molar-refractivity contribution in [3.8, 4) is 0 Å². The SMILES string of the molecule is NSC(=O)CN1C(=O)CCC1=O. The maximum Gasteiger partial charge on any atom is 0.230 e. The Morgan fingerprint density at radius 3 is 2.33 bits per heavy atom. The standard InChI is InChI=1S/C6H8N2O3S/c7-12-6(11)3-8-4(9)1-2-5(8)10/h1-3,7H2. The van der Waals surface area contributed by atoms with E-state index in [1.54, 1.807) is 0 Å². The summed E-state index contributed by atoms with van der Waals surface area (Å²) in [4.78, 5) is 33.6. The number of hydrogen-bond acceptors (Lipinski definition) is 5. The van der Waals surface area contributed by atoms with Crippen LogP contribution in [0.5, 0.6) is 0 Å². The highest BCUT2D eigenvalue weighted by atomic mass is 32.2. The van der Waals surface area contributed by atoms with E-state index in [4.69, 9.17) is 5.14 Å². The molecule has 66 valence electrons. The average molecular weight is 188 g/mol. The zero-order valence-electron chi connectivity index (χ0n) is 6.28. The molecule has 1 aliphatic heterocycles. The molecule has 0 atom stereocenters. The summed E-state index contributed by atoms with van der Waals surface area (Å²) in [5, 5.41) is 4.58. The van der Waals surface area contributed by atoms with Gasteiger partial charge in [0, 0.05) is 12.8 Å². The third-order valence-corrected chi connectivity index (χ3v) is 1.97. The van der Waals surface area contributed by atoms with E-state index >= 15 is 0 Å². The molecule has 0 bridgehead atoms. The summed E-state index contributed by atoms with van der Waals surface area (Å²) < 4.78 is 0. The molecule has 0 aliphatic carbocycles. The van der Waals surface area contributed by atoms with Gasteiger partial charge in [-0.15, -0.1) is 0 Å². The van der Waals surface area contributed by atoms with Crippen LogP contribution in [0.15, 0.2) is 0 Å². The van der Waals surface area contributed by atoms with Crippen molar-refractivity contribution in [1.29, 1.82) is 0 Å². The molecular weight excluding hydrogens is 180 g/mol. The number of carbonyl (C=O) groups excluding carboxylic acids is 3. The van der Waals surface area contributed by atoms with E-state index in [0.717, 1.165) is 4.90 Å². The van der Waals surface area contributed by atoms with Crippen LogP contribution < -0.4 is 5.14 Å². The van der Waals surface area contributed by atoms with Crippen LogP contribution in [-0.4, -0.2) is 28.4 Å². The summed E-state index contributed by atoms with van der Waals surface area (Å²) in [5.41, 5.74) is 0. The van der Waals surface area contributed by atoms with Gasteiger partial charge in [-0.25, -0.2) is 0 Å². The first-order valence-electron chi connectivity index (χ1n) is 3.38. The molecule has 1 rings (SSSR count). The molecule has 2 amide bonds. The van der Waals surface area contributed by atoms with Crippen LogP contribution in [0.1, 0.15) is 12.8 Å². The van der Waals surface area contributed by atoms with Crippen molar-refractivity contribution in [2.75, 3.05) is 6.54 Å². The van der Waals surface area contributed by atoms with Gasteiger partial charge in [0.25, 0.3) is 0 Å². The number of nitrogens with zero attached hydrogens (tertiary/aromatic N) is 1. The van der Waals surface area contributed by atoms with E-state index in [2.05, 4.69) is 0 Å². The lowest BCUT2D eigenvalue weighted by Gasteiger charge is -2.10. The van der Waals surface area contributed by atoms with Crippen molar-refractivity contribution in [1.82, 2.24) is 4.90 Å². The summed E-state index contributed by atoms with van der Waals surface area (Å²) in [6.07, 6.45) is 0.419. The summed E-state index contributed by atoms with van der Waals surface area (Å²) in [6.45, 7) is -0.196. The average Bonchev–Trinajstić information content (AvgIpc) is 2.35. The second-order valence-corrected chi connectivity index (χ2v) is 3.05. The normalized spacial score (nSPS) is 17.2. The molecule has 0 saturated carbocycles. The molecule has 0 radical (unpaired) electrons. The lowest BCUT2D eigenvalue weighted by molar-refractivity contribution is -0.140. The molecule has 0 aromatic rings. The van der Waals surface area contributed by atoms with Gasteiger partial charge in [0.2, 0.25) is 16.9 Å². The van der Waals surface area contributed by atoms with E-state index in [-0.39, 0.29) is 36.3 Å². The van der Waals surface area contributed by atoms with E-state index in [9.17, 15) is 14.4 Å². The number of carbonyl (C=O) groups is 3. The first kappa shape index (κ1) is 9.21. The predicted octanol–water partition coefficient (Wildman–Crippen LogP) is -0.731. The molecule has 1 saturated heterocycles. The Labute approximate surface area is 73.4 Å². The maximum atomic E-state index is 10.9. The number of amides is 2. The lowest BCUT2D eigenvalue weighted by atomic mass is 10.4. The molecule has 1 aliphatic rings. The van der Waals surface area contributed by atoms with Gasteiger partial charge in [0.1, 0.15) is 0 Å². The molecule has 0 aromatic carbocycles. The van der Waals surface area contributed by atoms with Gasteiger partial charge in [0.05, 0.1) is 6.54 Å². The van der Waals surface area contributed by atoms with Crippen molar-refractivity contribution in [3.63, 3.8) is 0 Å². The zero-order chi connectivity index (χ0) is 9.14. The highest BCUT2D eigenvalue weighted by Gasteiger charge is 2.30. The second-order valence-electron chi connectivity index (χ2n) is 2.36. The van der Waals surface area contributed by atoms with Gasteiger partial charge in [0.15, 0.2) is 0 Å². The Hall–Kier alpha value is -0.880. The number of likely N-dealkylation sites (tertiary alicyclic amines) is 1. The Balaban J connectivity index is 2.56. The number of nitrogens with two attached hydrogens (primary N) is 1. The maximum absolute atomic E-state index is 10.9. The van der Waals surface area contributed by atoms with Crippen LogP contribution in [0.2, 0.25) is 0 Å². The minimum atomic E-state index is -0.376. The quantitative estimate of drug-likeness (QED) is 0.456. The second kappa shape index (κ2) is 3.68. The molecule has 5 nitrogen and oxygen atoms in total. The van der Waals surface area contributed by atoms with Gasteiger partial charge in [-0.1, -0.05) is 0 Å². The van der Waals surface area contributed by atoms with Crippen molar-refractivity contribution >= 4 is 28.9 Å². The van der Waals surface area contributed by atoms with Crippen LogP contribution in [-0.2, 0) is 14.4 Å². The Morgan fingerprint density at radius 2 is 1.92 bits per heavy atom. The molecule has 12 heavy (non-hydrogen) atoms. The number of hydrogen-bond donors (Lipinski definition) is 1. The minimum absolute atomic E-state index is 0.196. The summed E-state index contributed by atoms with van der Waals surface area (Å²) in [7, 11) is 0. The van der Waals surface area contributed by atoms with Crippen molar-refractivity contribution in [2.45, 2.75) is 12.8 Å². The van der Waals surface area contributed by atoms with Crippen LogP contribution >= 0.6 is 11.9 Å². The predicted molar refractivity (Wildman–Crippen MR) is 42.7 cm³/mol. The number of rotatable bonds is 2. The van der Waals surface area contributed by atoms with Crippen LogP contribution in [0.25, 0.3) is 0 Å². The van der Waals surface area contributed by atoms with Gasteiger partial charge in [-0.05, 0) is 11.9 Å². The smallest absolute Gasteiger partial charge is 0.230 e. The Morgan fingerprint density at radius 1 is 1.42 bits per heavy atom. The first-order chi connectivity index (χ1) is 5.65. The summed E-state index contributed by atoms with van der Waals surface area (Å²) in [6, 6.07) is 0. The summed E-state index contributed by atoms with van der Waals surface area (Å²) >= 11 is 0.531. The molecule has 2 N–H and O–H groups in total. The number of imide groups is 1. The molecule has 0 spiro atoms. The monoisotopic (exact) mass is 188 g/mol. The molecule has 6 heteroatoms. The van der Waals surface area contributed by atoms with E-state index in [0.29, 0.717) is 11.9 Å². The molecule has 0 unspecified atom stereocenters. The zero-order valence-corrected chi connectivity index (χ0v) is 7.10. The Kier molecular flexibility index (Phi) is 2.83. The highest BCUT2D eigenvalue weighted by Crippen LogP contribution is 2.11. The van der Waals surface area contributed by atoms with Crippen molar-refractivity contribution in [2.24, 2.45) is 5.14 Å². The molecule has 1 heterocycles. The Bertz CT molecular complexity index is 225. The van der Waals surface area contributed by atoms with Crippen LogP contribution in [0, 0.1) is 0 Å². The first-order valence-corrected chi connectivity index (χ1v) is 4.26. The largest absolute Gasteiger partial charge is 0.284 e. The van der Waals surface area contributed by atoms with E-state index in [1.807, 2.05) is 0 Å². The minimum Gasteiger partial charge on any atom is -0.284 e. The van der Waals surface area contributed by atoms with E-state index in [1.165, 1.54) is 0 Å². The highest BCUT2D eigenvalue weighted by molar-refractivity contribution is 8.11. The van der Waals surface area contributed by atoms with Crippen LogP contribution in [0.4, 0.5) is 0 Å². The van der Waals surface area contributed by atoms with Crippen molar-refractivity contribution < 1.29 is 14.4 Å². The fourth-order valence-electron chi connectivity index (χ4n) is 0.966. The topological polar surface area (TPSA) is 80.5 Å². The lowest BCUT2D eigenvalue weighted by Crippen LogP contribution is -2.33. The van der Waals surface area contributed by atoms with E-state index < -0.39 is 0 Å². The molecule has 0 aromatic heterocycles. The van der Waals surface area contributed by atoms with Gasteiger partial charge in [-0.2, -0.15) is 0 Å². The van der Waals surface area contributed by atoms with Gasteiger partial charge < -0.3 is 0 Å². The molecule has 1 fully saturated rings. The van der Waals surface area contributed by atoms with Gasteiger partial charge in [-0.3, -0.25) is 24.4 Å². The molecular formula is C6H8N2O3S. The van der Waals surface area contributed by atoms with Crippen LogP contribution in [0.3, 0.4) is 0 Å². The summed E-state index contributed by atoms with van der Waals surface area (Å²) in [5.74, 6) is -0.579. The van der Waals surface area contributed by atoms with Crippen molar-refractivity contribution in [3.05, 3.63) is 0 Å². The fraction of sp³-hybridized carbons (Fsp3) is 0.500.